The summed E-state index contributed by atoms with van der Waals surface area (Å²) in [7, 11) is 1.59. The summed E-state index contributed by atoms with van der Waals surface area (Å²) >= 11 is 11.9. The topological polar surface area (TPSA) is 35.2 Å². The Balaban J connectivity index is 2.92. The second-order valence-electron chi connectivity index (χ2n) is 2.97. The van der Waals surface area contributed by atoms with Crippen LogP contribution in [0.5, 0.6) is 5.75 Å². The second-order valence-corrected chi connectivity index (χ2v) is 3.78. The fourth-order valence-electron chi connectivity index (χ4n) is 1.21. The van der Waals surface area contributed by atoms with Gasteiger partial charge < -0.3 is 10.5 Å². The summed E-state index contributed by atoms with van der Waals surface area (Å²) in [6, 6.07) is 3.56. The van der Waals surface area contributed by atoms with Crippen molar-refractivity contribution in [1.29, 1.82) is 0 Å². The predicted octanol–water partition coefficient (Wildman–Crippen LogP) is 2.89. The minimum absolute atomic E-state index is 0.536. The van der Waals surface area contributed by atoms with E-state index in [-0.39, 0.29) is 0 Å². The Hall–Kier alpha value is -0.440. The summed E-state index contributed by atoms with van der Waals surface area (Å²) in [5.41, 5.74) is 6.45. The molecule has 14 heavy (non-hydrogen) atoms. The number of aryl methyl sites for hydroxylation is 1. The van der Waals surface area contributed by atoms with Gasteiger partial charge in [-0.15, -0.1) is 0 Å². The van der Waals surface area contributed by atoms with Crippen LogP contribution >= 0.6 is 23.2 Å². The van der Waals surface area contributed by atoms with E-state index in [1.807, 2.05) is 6.07 Å². The van der Waals surface area contributed by atoms with Crippen LogP contribution < -0.4 is 10.5 Å². The molecule has 1 aromatic carbocycles. The Morgan fingerprint density at radius 1 is 1.29 bits per heavy atom. The second kappa shape index (κ2) is 5.44. The monoisotopic (exact) mass is 233 g/mol. The largest absolute Gasteiger partial charge is 0.495 e. The lowest BCUT2D eigenvalue weighted by molar-refractivity contribution is 0.414. The molecule has 0 aliphatic rings. The third-order valence-electron chi connectivity index (χ3n) is 1.97. The molecule has 1 aromatic rings. The van der Waals surface area contributed by atoms with Crippen LogP contribution in [0, 0.1) is 0 Å². The summed E-state index contributed by atoms with van der Waals surface area (Å²) in [5.74, 6) is 0.656. The smallest absolute Gasteiger partial charge is 0.137 e. The number of hydrogen-bond donors (Lipinski definition) is 1. The maximum absolute atomic E-state index is 6.01. The molecule has 2 N–H and O–H groups in total. The van der Waals surface area contributed by atoms with Gasteiger partial charge in [0.15, 0.2) is 0 Å². The number of benzene rings is 1. The maximum Gasteiger partial charge on any atom is 0.137 e. The first-order valence-electron chi connectivity index (χ1n) is 4.41. The molecule has 0 saturated carbocycles. The van der Waals surface area contributed by atoms with E-state index >= 15 is 0 Å². The summed E-state index contributed by atoms with van der Waals surface area (Å²) in [4.78, 5) is 0. The maximum atomic E-state index is 6.01. The van der Waals surface area contributed by atoms with E-state index in [4.69, 9.17) is 33.7 Å². The molecule has 0 heterocycles. The van der Waals surface area contributed by atoms with Crippen molar-refractivity contribution in [3.05, 3.63) is 27.7 Å². The van der Waals surface area contributed by atoms with Crippen molar-refractivity contribution >= 4 is 23.2 Å². The molecule has 78 valence electrons. The molecule has 0 amide bonds. The number of halogens is 2. The molecule has 0 aromatic heterocycles. The van der Waals surface area contributed by atoms with Gasteiger partial charge in [-0.25, -0.2) is 0 Å². The van der Waals surface area contributed by atoms with E-state index in [0.29, 0.717) is 22.3 Å². The predicted molar refractivity (Wildman–Crippen MR) is 60.4 cm³/mol. The van der Waals surface area contributed by atoms with Gasteiger partial charge in [0.25, 0.3) is 0 Å². The highest BCUT2D eigenvalue weighted by molar-refractivity contribution is 6.36. The zero-order valence-corrected chi connectivity index (χ0v) is 9.53. The normalized spacial score (nSPS) is 10.3. The Kier molecular flexibility index (Phi) is 4.52. The van der Waals surface area contributed by atoms with Gasteiger partial charge in [-0.2, -0.15) is 0 Å². The number of hydrogen-bond acceptors (Lipinski definition) is 2. The van der Waals surface area contributed by atoms with Crippen molar-refractivity contribution in [2.45, 2.75) is 12.8 Å². The van der Waals surface area contributed by atoms with Crippen LogP contribution in [-0.2, 0) is 6.42 Å². The fraction of sp³-hybridized carbons (Fsp3) is 0.400. The van der Waals surface area contributed by atoms with Gasteiger partial charge in [-0.1, -0.05) is 23.2 Å². The fourth-order valence-corrected chi connectivity index (χ4v) is 1.77. The molecule has 0 bridgehead atoms. The van der Waals surface area contributed by atoms with Gasteiger partial charge in [-0.3, -0.25) is 0 Å². The van der Waals surface area contributed by atoms with Crippen molar-refractivity contribution in [3.63, 3.8) is 0 Å². The van der Waals surface area contributed by atoms with E-state index in [9.17, 15) is 0 Å². The zero-order chi connectivity index (χ0) is 10.6. The highest BCUT2D eigenvalue weighted by atomic mass is 35.5. The van der Waals surface area contributed by atoms with Crippen LogP contribution in [0.4, 0.5) is 0 Å². The third kappa shape index (κ3) is 2.77. The third-order valence-corrected chi connectivity index (χ3v) is 2.62. The highest BCUT2D eigenvalue weighted by Crippen LogP contribution is 2.31. The lowest BCUT2D eigenvalue weighted by Gasteiger charge is -2.08. The van der Waals surface area contributed by atoms with Gasteiger partial charge in [0.1, 0.15) is 5.75 Å². The van der Waals surface area contributed by atoms with Crippen molar-refractivity contribution < 1.29 is 4.74 Å². The number of rotatable bonds is 4. The lowest BCUT2D eigenvalue weighted by Crippen LogP contribution is -2.01. The zero-order valence-electron chi connectivity index (χ0n) is 8.02. The molecule has 1 rings (SSSR count). The highest BCUT2D eigenvalue weighted by Gasteiger charge is 2.06. The molecule has 4 heteroatoms. The Morgan fingerprint density at radius 3 is 2.57 bits per heavy atom. The first-order valence-corrected chi connectivity index (χ1v) is 5.16. The Labute approximate surface area is 94.0 Å². The van der Waals surface area contributed by atoms with Gasteiger partial charge in [0, 0.05) is 5.02 Å². The standard InChI is InChI=1S/C10H13Cl2NO/c1-14-10-5-7(3-2-4-13)8(11)6-9(10)12/h5-6H,2-4,13H2,1H3. The first kappa shape index (κ1) is 11.6. The van der Waals surface area contributed by atoms with Crippen molar-refractivity contribution in [2.24, 2.45) is 5.73 Å². The molecule has 0 radical (unpaired) electrons. The molecule has 0 spiro atoms. The summed E-state index contributed by atoms with van der Waals surface area (Å²) in [5, 5.41) is 1.21. The lowest BCUT2D eigenvalue weighted by atomic mass is 10.1. The van der Waals surface area contributed by atoms with Crippen LogP contribution in [-0.4, -0.2) is 13.7 Å². The first-order chi connectivity index (χ1) is 6.69. The van der Waals surface area contributed by atoms with Gasteiger partial charge in [0.2, 0.25) is 0 Å². The summed E-state index contributed by atoms with van der Waals surface area (Å²) in [6.07, 6.45) is 1.76. The van der Waals surface area contributed by atoms with E-state index in [1.54, 1.807) is 13.2 Å². The molecule has 0 saturated heterocycles. The average molecular weight is 234 g/mol. The summed E-state index contributed by atoms with van der Waals surface area (Å²) < 4.78 is 5.10. The SMILES string of the molecule is COc1cc(CCCN)c(Cl)cc1Cl. The van der Waals surface area contributed by atoms with Gasteiger partial charge in [0.05, 0.1) is 12.1 Å². The Morgan fingerprint density at radius 2 is 2.00 bits per heavy atom. The minimum Gasteiger partial charge on any atom is -0.495 e. The number of ether oxygens (including phenoxy) is 1. The molecule has 0 unspecified atom stereocenters. The number of nitrogens with two attached hydrogens (primary N) is 1. The van der Waals surface area contributed by atoms with Crippen LogP contribution in [0.2, 0.25) is 10.0 Å². The quantitative estimate of drug-likeness (QED) is 0.869. The van der Waals surface area contributed by atoms with Crippen LogP contribution in [0.3, 0.4) is 0 Å². The van der Waals surface area contributed by atoms with Crippen LogP contribution in [0.1, 0.15) is 12.0 Å². The van der Waals surface area contributed by atoms with E-state index in [0.717, 1.165) is 18.4 Å². The van der Waals surface area contributed by atoms with E-state index < -0.39 is 0 Å². The molecule has 0 atom stereocenters. The van der Waals surface area contributed by atoms with Crippen LogP contribution in [0.15, 0.2) is 12.1 Å². The molecule has 2 nitrogen and oxygen atoms in total. The van der Waals surface area contributed by atoms with Crippen molar-refractivity contribution in [3.8, 4) is 5.75 Å². The molecule has 0 aliphatic heterocycles. The van der Waals surface area contributed by atoms with Crippen LogP contribution in [0.25, 0.3) is 0 Å². The van der Waals surface area contributed by atoms with Crippen molar-refractivity contribution in [2.75, 3.05) is 13.7 Å². The summed E-state index contributed by atoms with van der Waals surface area (Å²) in [6.45, 7) is 0.654. The van der Waals surface area contributed by atoms with Gasteiger partial charge in [-0.05, 0) is 37.1 Å². The van der Waals surface area contributed by atoms with E-state index in [2.05, 4.69) is 0 Å². The molecule has 0 aliphatic carbocycles. The molecular formula is C10H13Cl2NO. The van der Waals surface area contributed by atoms with Gasteiger partial charge >= 0.3 is 0 Å². The van der Waals surface area contributed by atoms with Crippen molar-refractivity contribution in [1.82, 2.24) is 0 Å². The molecule has 0 fully saturated rings. The number of methoxy groups -OCH3 is 1. The van der Waals surface area contributed by atoms with E-state index in [1.165, 1.54) is 0 Å². The average Bonchev–Trinajstić information content (AvgIpc) is 2.17. The Bertz CT molecular complexity index is 315. The minimum atomic E-state index is 0.536. The molecular weight excluding hydrogens is 221 g/mol.